The van der Waals surface area contributed by atoms with Gasteiger partial charge < -0.3 is 14.8 Å². The molecule has 0 spiro atoms. The molecule has 1 rings (SSSR count). The Balaban J connectivity index is 2.47. The van der Waals surface area contributed by atoms with Crippen LogP contribution in [0.4, 0.5) is 0 Å². The van der Waals surface area contributed by atoms with E-state index in [-0.39, 0.29) is 31.0 Å². The summed E-state index contributed by atoms with van der Waals surface area (Å²) in [7, 11) is 1.26. The Kier molecular flexibility index (Phi) is 7.15. The second kappa shape index (κ2) is 8.89. The maximum atomic E-state index is 11.9. The lowest BCUT2D eigenvalue weighted by molar-refractivity contribution is -0.145. The molecule has 1 amide bonds. The van der Waals surface area contributed by atoms with Crippen LogP contribution in [0.1, 0.15) is 31.7 Å². The van der Waals surface area contributed by atoms with E-state index in [4.69, 9.17) is 0 Å². The Hall–Kier alpha value is -2.17. The minimum Gasteiger partial charge on any atom is -0.467 e. The molecule has 0 aliphatic carbocycles. The third-order valence-corrected chi connectivity index (χ3v) is 3.09. The van der Waals surface area contributed by atoms with E-state index in [1.54, 1.807) is 0 Å². The lowest BCUT2D eigenvalue weighted by atomic mass is 10.1. The molecule has 0 fully saturated rings. The van der Waals surface area contributed by atoms with Crippen LogP contribution in [0.2, 0.25) is 0 Å². The van der Waals surface area contributed by atoms with Crippen LogP contribution in [0.15, 0.2) is 30.3 Å². The first-order valence-corrected chi connectivity index (χ1v) is 6.93. The number of methoxy groups -OCH3 is 1. The van der Waals surface area contributed by atoms with Crippen molar-refractivity contribution in [3.63, 3.8) is 0 Å². The lowest BCUT2D eigenvalue weighted by Gasteiger charge is -2.15. The molecule has 0 unspecified atom stereocenters. The Morgan fingerprint density at radius 3 is 2.38 bits per heavy atom. The second-order valence-electron chi connectivity index (χ2n) is 4.87. The molecule has 0 aliphatic rings. The fraction of sp³-hybridized carbons (Fsp3) is 0.438. The van der Waals surface area contributed by atoms with E-state index in [9.17, 15) is 14.4 Å². The zero-order valence-corrected chi connectivity index (χ0v) is 12.4. The van der Waals surface area contributed by atoms with Gasteiger partial charge in [0.25, 0.3) is 0 Å². The summed E-state index contributed by atoms with van der Waals surface area (Å²) >= 11 is 0. The van der Waals surface area contributed by atoms with E-state index in [2.05, 4.69) is 10.1 Å². The molecule has 1 atom stereocenters. The van der Waals surface area contributed by atoms with Crippen molar-refractivity contribution in [2.75, 3.05) is 7.11 Å². The standard InChI is InChI=1S/C16H21NO4/c1-12(18)8-10-14(16(20)21-2)17-15(19)11-9-13-6-4-3-5-7-13/h3-7,14H,8-11H2,1-2H3,(H,17,19)/t14-/m1/s1. The highest BCUT2D eigenvalue weighted by Crippen LogP contribution is 2.05. The number of carbonyl (C=O) groups is 3. The summed E-state index contributed by atoms with van der Waals surface area (Å²) in [6.07, 6.45) is 1.39. The molecule has 0 heterocycles. The molecule has 1 aromatic rings. The number of ketones is 1. The van der Waals surface area contributed by atoms with Crippen molar-refractivity contribution in [2.45, 2.75) is 38.6 Å². The number of amides is 1. The zero-order valence-electron chi connectivity index (χ0n) is 12.4. The molecule has 0 aromatic heterocycles. The summed E-state index contributed by atoms with van der Waals surface area (Å²) in [5, 5.41) is 2.63. The molecule has 1 N–H and O–H groups in total. The van der Waals surface area contributed by atoms with E-state index < -0.39 is 12.0 Å². The predicted octanol–water partition coefficient (Wildman–Crippen LogP) is 1.65. The molecule has 21 heavy (non-hydrogen) atoms. The van der Waals surface area contributed by atoms with Gasteiger partial charge in [0, 0.05) is 12.8 Å². The van der Waals surface area contributed by atoms with Gasteiger partial charge in [0.05, 0.1) is 7.11 Å². The van der Waals surface area contributed by atoms with Gasteiger partial charge in [-0.2, -0.15) is 0 Å². The fourth-order valence-electron chi connectivity index (χ4n) is 1.91. The third-order valence-electron chi connectivity index (χ3n) is 3.09. The summed E-state index contributed by atoms with van der Waals surface area (Å²) in [6, 6.07) is 8.87. The van der Waals surface area contributed by atoms with Crippen molar-refractivity contribution in [3.05, 3.63) is 35.9 Å². The third kappa shape index (κ3) is 6.70. The minimum atomic E-state index is -0.762. The highest BCUT2D eigenvalue weighted by molar-refractivity contribution is 5.85. The number of hydrogen-bond acceptors (Lipinski definition) is 4. The second-order valence-corrected chi connectivity index (χ2v) is 4.87. The van der Waals surface area contributed by atoms with Crippen molar-refractivity contribution < 1.29 is 19.1 Å². The zero-order chi connectivity index (χ0) is 15.7. The van der Waals surface area contributed by atoms with Crippen LogP contribution >= 0.6 is 0 Å². The molecule has 0 saturated carbocycles. The van der Waals surface area contributed by atoms with E-state index in [0.29, 0.717) is 6.42 Å². The smallest absolute Gasteiger partial charge is 0.328 e. The molecule has 5 nitrogen and oxygen atoms in total. The number of carbonyl (C=O) groups excluding carboxylic acids is 3. The molecule has 0 radical (unpaired) electrons. The first kappa shape index (κ1) is 16.9. The van der Waals surface area contributed by atoms with Gasteiger partial charge in [-0.25, -0.2) is 4.79 Å². The molecule has 0 aliphatic heterocycles. The van der Waals surface area contributed by atoms with Gasteiger partial charge in [0.2, 0.25) is 5.91 Å². The Morgan fingerprint density at radius 2 is 1.81 bits per heavy atom. The summed E-state index contributed by atoms with van der Waals surface area (Å²) in [4.78, 5) is 34.5. The van der Waals surface area contributed by atoms with Crippen molar-refractivity contribution in [1.82, 2.24) is 5.32 Å². The predicted molar refractivity (Wildman–Crippen MR) is 78.6 cm³/mol. The van der Waals surface area contributed by atoms with E-state index in [0.717, 1.165) is 5.56 Å². The molecule has 1 aromatic carbocycles. The minimum absolute atomic E-state index is 0.0255. The monoisotopic (exact) mass is 291 g/mol. The van der Waals surface area contributed by atoms with Gasteiger partial charge in [0.1, 0.15) is 11.8 Å². The number of ether oxygens (including phenoxy) is 1. The number of Topliss-reactive ketones (excluding diaryl/α,β-unsaturated/α-hetero) is 1. The summed E-state index contributed by atoms with van der Waals surface area (Å²) in [5.74, 6) is -0.774. The van der Waals surface area contributed by atoms with Crippen molar-refractivity contribution in [2.24, 2.45) is 0 Å². The summed E-state index contributed by atoms with van der Waals surface area (Å²) < 4.78 is 4.64. The van der Waals surface area contributed by atoms with Crippen molar-refractivity contribution in [3.8, 4) is 0 Å². The number of esters is 1. The van der Waals surface area contributed by atoms with E-state index in [1.807, 2.05) is 30.3 Å². The van der Waals surface area contributed by atoms with Crippen molar-refractivity contribution >= 4 is 17.7 Å². The highest BCUT2D eigenvalue weighted by Gasteiger charge is 2.21. The quantitative estimate of drug-likeness (QED) is 0.739. The average molecular weight is 291 g/mol. The summed E-state index contributed by atoms with van der Waals surface area (Å²) in [6.45, 7) is 1.45. The Bertz CT molecular complexity index is 484. The van der Waals surface area contributed by atoms with Gasteiger partial charge in [-0.05, 0) is 25.3 Å². The topological polar surface area (TPSA) is 72.5 Å². The van der Waals surface area contributed by atoms with Crippen LogP contribution in [0.25, 0.3) is 0 Å². The van der Waals surface area contributed by atoms with Crippen LogP contribution in [-0.2, 0) is 25.5 Å². The molecule has 0 bridgehead atoms. The molecule has 5 heteroatoms. The first-order valence-electron chi connectivity index (χ1n) is 6.93. The maximum Gasteiger partial charge on any atom is 0.328 e. The number of rotatable bonds is 8. The van der Waals surface area contributed by atoms with E-state index >= 15 is 0 Å². The molecule has 0 saturated heterocycles. The van der Waals surface area contributed by atoms with Crippen LogP contribution in [0, 0.1) is 0 Å². The SMILES string of the molecule is COC(=O)[C@@H](CCC(C)=O)NC(=O)CCc1ccccc1. The summed E-state index contributed by atoms with van der Waals surface area (Å²) in [5.41, 5.74) is 1.06. The van der Waals surface area contributed by atoms with Gasteiger partial charge >= 0.3 is 5.97 Å². The maximum absolute atomic E-state index is 11.9. The number of hydrogen-bond donors (Lipinski definition) is 1. The van der Waals surface area contributed by atoms with Gasteiger partial charge in [-0.15, -0.1) is 0 Å². The lowest BCUT2D eigenvalue weighted by Crippen LogP contribution is -2.41. The normalized spacial score (nSPS) is 11.5. The van der Waals surface area contributed by atoms with Gasteiger partial charge in [0.15, 0.2) is 0 Å². The highest BCUT2D eigenvalue weighted by atomic mass is 16.5. The molecular weight excluding hydrogens is 270 g/mol. The number of benzene rings is 1. The Labute approximate surface area is 124 Å². The number of nitrogens with one attached hydrogen (secondary N) is 1. The first-order chi connectivity index (χ1) is 10.0. The van der Waals surface area contributed by atoms with Crippen LogP contribution in [-0.4, -0.2) is 30.8 Å². The van der Waals surface area contributed by atoms with Crippen LogP contribution in [0.5, 0.6) is 0 Å². The average Bonchev–Trinajstić information content (AvgIpc) is 2.49. The Morgan fingerprint density at radius 1 is 1.14 bits per heavy atom. The van der Waals surface area contributed by atoms with Crippen LogP contribution < -0.4 is 5.32 Å². The van der Waals surface area contributed by atoms with Crippen LogP contribution in [0.3, 0.4) is 0 Å². The largest absolute Gasteiger partial charge is 0.467 e. The molecule has 114 valence electrons. The fourth-order valence-corrected chi connectivity index (χ4v) is 1.91. The number of aryl methyl sites for hydroxylation is 1. The molecular formula is C16H21NO4. The van der Waals surface area contributed by atoms with E-state index in [1.165, 1.54) is 14.0 Å². The van der Waals surface area contributed by atoms with Gasteiger partial charge in [-0.1, -0.05) is 30.3 Å². The van der Waals surface area contributed by atoms with Gasteiger partial charge in [-0.3, -0.25) is 4.79 Å². The van der Waals surface area contributed by atoms with Crippen molar-refractivity contribution in [1.29, 1.82) is 0 Å².